The van der Waals surface area contributed by atoms with Crippen LogP contribution in [0.4, 0.5) is 0 Å². The van der Waals surface area contributed by atoms with Crippen LogP contribution in [0, 0.1) is 17.8 Å². The number of hydrogen-bond donors (Lipinski definition) is 1. The van der Waals surface area contributed by atoms with E-state index in [1.165, 1.54) is 51.7 Å². The molecule has 2 aliphatic rings. The van der Waals surface area contributed by atoms with Gasteiger partial charge in [0.15, 0.2) is 0 Å². The lowest BCUT2D eigenvalue weighted by Gasteiger charge is -2.39. The molecule has 0 amide bonds. The summed E-state index contributed by atoms with van der Waals surface area (Å²) in [5.74, 6) is 2.77. The van der Waals surface area contributed by atoms with Crippen LogP contribution in [0.3, 0.4) is 0 Å². The number of rotatable bonds is 3. The van der Waals surface area contributed by atoms with Crippen molar-refractivity contribution in [2.75, 3.05) is 26.7 Å². The van der Waals surface area contributed by atoms with Crippen LogP contribution in [0.2, 0.25) is 0 Å². The molecule has 0 aromatic heterocycles. The summed E-state index contributed by atoms with van der Waals surface area (Å²) < 4.78 is 0. The van der Waals surface area contributed by atoms with Gasteiger partial charge in [0.05, 0.1) is 0 Å². The van der Waals surface area contributed by atoms with Crippen LogP contribution in [0.25, 0.3) is 0 Å². The third kappa shape index (κ3) is 3.69. The SMILES string of the molecule is CNC1CCN(CC2CCCC(C)C2)CC1C. The van der Waals surface area contributed by atoms with Crippen molar-refractivity contribution in [3.05, 3.63) is 0 Å². The fraction of sp³-hybridized carbons (Fsp3) is 1.00. The minimum Gasteiger partial charge on any atom is -0.317 e. The van der Waals surface area contributed by atoms with E-state index in [4.69, 9.17) is 0 Å². The molecule has 0 spiro atoms. The van der Waals surface area contributed by atoms with Gasteiger partial charge in [-0.15, -0.1) is 0 Å². The van der Waals surface area contributed by atoms with Crippen molar-refractivity contribution in [1.82, 2.24) is 10.2 Å². The van der Waals surface area contributed by atoms with Crippen molar-refractivity contribution in [2.24, 2.45) is 17.8 Å². The Kier molecular flexibility index (Phi) is 4.87. The Morgan fingerprint density at radius 2 is 2.00 bits per heavy atom. The standard InChI is InChI=1S/C15H30N2/c1-12-5-4-6-14(9-12)11-17-8-7-15(16-3)13(2)10-17/h12-16H,4-11H2,1-3H3. The quantitative estimate of drug-likeness (QED) is 0.813. The first kappa shape index (κ1) is 13.4. The monoisotopic (exact) mass is 238 g/mol. The Hall–Kier alpha value is -0.0800. The van der Waals surface area contributed by atoms with Gasteiger partial charge in [0, 0.05) is 19.1 Å². The highest BCUT2D eigenvalue weighted by Crippen LogP contribution is 2.30. The first-order valence-corrected chi connectivity index (χ1v) is 7.58. The van der Waals surface area contributed by atoms with E-state index in [1.807, 2.05) is 0 Å². The normalized spacial score (nSPS) is 40.4. The van der Waals surface area contributed by atoms with Gasteiger partial charge in [-0.25, -0.2) is 0 Å². The van der Waals surface area contributed by atoms with Crippen LogP contribution in [0.15, 0.2) is 0 Å². The minimum atomic E-state index is 0.747. The van der Waals surface area contributed by atoms with E-state index in [9.17, 15) is 0 Å². The molecular formula is C15H30N2. The molecule has 1 aliphatic heterocycles. The zero-order chi connectivity index (χ0) is 12.3. The Bertz CT molecular complexity index is 229. The summed E-state index contributed by atoms with van der Waals surface area (Å²) in [6.45, 7) is 8.81. The highest BCUT2D eigenvalue weighted by atomic mass is 15.1. The van der Waals surface area contributed by atoms with Crippen LogP contribution < -0.4 is 5.32 Å². The lowest BCUT2D eigenvalue weighted by molar-refractivity contribution is 0.114. The van der Waals surface area contributed by atoms with Crippen molar-refractivity contribution in [1.29, 1.82) is 0 Å². The summed E-state index contributed by atoms with van der Waals surface area (Å²) in [5, 5.41) is 3.46. The lowest BCUT2D eigenvalue weighted by atomic mass is 9.81. The first-order valence-electron chi connectivity index (χ1n) is 7.58. The molecule has 1 aliphatic carbocycles. The molecule has 1 heterocycles. The molecule has 2 nitrogen and oxygen atoms in total. The number of piperidine rings is 1. The maximum atomic E-state index is 3.46. The predicted molar refractivity (Wildman–Crippen MR) is 74.2 cm³/mol. The maximum absolute atomic E-state index is 3.46. The second kappa shape index (κ2) is 6.19. The van der Waals surface area contributed by atoms with Gasteiger partial charge in [0.25, 0.3) is 0 Å². The van der Waals surface area contributed by atoms with E-state index in [1.54, 1.807) is 0 Å². The van der Waals surface area contributed by atoms with Gasteiger partial charge < -0.3 is 10.2 Å². The molecule has 2 fully saturated rings. The average molecular weight is 238 g/mol. The predicted octanol–water partition coefficient (Wildman–Crippen LogP) is 2.74. The summed E-state index contributed by atoms with van der Waals surface area (Å²) in [7, 11) is 2.11. The van der Waals surface area contributed by atoms with Crippen LogP contribution in [-0.2, 0) is 0 Å². The van der Waals surface area contributed by atoms with E-state index in [2.05, 4.69) is 31.1 Å². The molecule has 1 N–H and O–H groups in total. The van der Waals surface area contributed by atoms with Gasteiger partial charge in [0.2, 0.25) is 0 Å². The summed E-state index contributed by atoms with van der Waals surface area (Å²) in [5.41, 5.74) is 0. The van der Waals surface area contributed by atoms with Crippen molar-refractivity contribution in [2.45, 2.75) is 52.0 Å². The Balaban J connectivity index is 1.76. The zero-order valence-electron chi connectivity index (χ0n) is 11.9. The summed E-state index contributed by atoms with van der Waals surface area (Å²) in [4.78, 5) is 2.72. The maximum Gasteiger partial charge on any atom is 0.0114 e. The van der Waals surface area contributed by atoms with Crippen LogP contribution >= 0.6 is 0 Å². The first-order chi connectivity index (χ1) is 8.19. The highest BCUT2D eigenvalue weighted by molar-refractivity contribution is 4.83. The zero-order valence-corrected chi connectivity index (χ0v) is 11.9. The topological polar surface area (TPSA) is 15.3 Å². The van der Waals surface area contributed by atoms with E-state index >= 15 is 0 Å². The Morgan fingerprint density at radius 1 is 1.18 bits per heavy atom. The van der Waals surface area contributed by atoms with Crippen molar-refractivity contribution in [3.63, 3.8) is 0 Å². The molecule has 0 aromatic carbocycles. The second-order valence-corrected chi connectivity index (χ2v) is 6.56. The van der Waals surface area contributed by atoms with Crippen LogP contribution in [0.1, 0.15) is 46.0 Å². The van der Waals surface area contributed by atoms with Crippen molar-refractivity contribution in [3.8, 4) is 0 Å². The van der Waals surface area contributed by atoms with Crippen LogP contribution in [0.5, 0.6) is 0 Å². The van der Waals surface area contributed by atoms with Gasteiger partial charge >= 0.3 is 0 Å². The van der Waals surface area contributed by atoms with Gasteiger partial charge in [0.1, 0.15) is 0 Å². The van der Waals surface area contributed by atoms with Gasteiger partial charge in [-0.05, 0) is 50.6 Å². The van der Waals surface area contributed by atoms with E-state index < -0.39 is 0 Å². The number of nitrogens with zero attached hydrogens (tertiary/aromatic N) is 1. The fourth-order valence-corrected chi connectivity index (χ4v) is 3.92. The molecule has 1 saturated carbocycles. The molecule has 4 atom stereocenters. The molecule has 0 bridgehead atoms. The third-order valence-corrected chi connectivity index (χ3v) is 4.92. The number of nitrogens with one attached hydrogen (secondary N) is 1. The molecule has 0 radical (unpaired) electrons. The second-order valence-electron chi connectivity index (χ2n) is 6.56. The Morgan fingerprint density at radius 3 is 2.65 bits per heavy atom. The molecular weight excluding hydrogens is 208 g/mol. The molecule has 0 aromatic rings. The number of likely N-dealkylation sites (tertiary alicyclic amines) is 1. The highest BCUT2D eigenvalue weighted by Gasteiger charge is 2.27. The number of hydrogen-bond acceptors (Lipinski definition) is 2. The molecule has 100 valence electrons. The molecule has 1 saturated heterocycles. The molecule has 17 heavy (non-hydrogen) atoms. The van der Waals surface area contributed by atoms with Crippen LogP contribution in [-0.4, -0.2) is 37.6 Å². The largest absolute Gasteiger partial charge is 0.317 e. The summed E-state index contributed by atoms with van der Waals surface area (Å²) in [6, 6.07) is 0.747. The molecule has 4 unspecified atom stereocenters. The summed E-state index contributed by atoms with van der Waals surface area (Å²) in [6.07, 6.45) is 7.22. The third-order valence-electron chi connectivity index (χ3n) is 4.92. The Labute approximate surface area is 107 Å². The van der Waals surface area contributed by atoms with E-state index in [0.29, 0.717) is 0 Å². The molecule has 2 heteroatoms. The van der Waals surface area contributed by atoms with Crippen molar-refractivity contribution < 1.29 is 0 Å². The smallest absolute Gasteiger partial charge is 0.0114 e. The lowest BCUT2D eigenvalue weighted by Crippen LogP contribution is -2.48. The van der Waals surface area contributed by atoms with Gasteiger partial charge in [-0.3, -0.25) is 0 Å². The molecule has 2 rings (SSSR count). The average Bonchev–Trinajstić information content (AvgIpc) is 2.29. The summed E-state index contributed by atoms with van der Waals surface area (Å²) >= 11 is 0. The van der Waals surface area contributed by atoms with E-state index in [0.717, 1.165) is 23.8 Å². The van der Waals surface area contributed by atoms with Crippen molar-refractivity contribution >= 4 is 0 Å². The fourth-order valence-electron chi connectivity index (χ4n) is 3.92. The van der Waals surface area contributed by atoms with E-state index in [-0.39, 0.29) is 0 Å². The minimum absolute atomic E-state index is 0.747. The van der Waals surface area contributed by atoms with Gasteiger partial charge in [-0.1, -0.05) is 26.7 Å². The van der Waals surface area contributed by atoms with Gasteiger partial charge in [-0.2, -0.15) is 0 Å².